The molecule has 0 bridgehead atoms. The Bertz CT molecular complexity index is 1300. The molecule has 0 aliphatic rings. The van der Waals surface area contributed by atoms with Crippen LogP contribution in [0.5, 0.6) is 5.75 Å². The Balaban J connectivity index is 1.49. The largest absolute Gasteiger partial charge is 0.495 e. The highest BCUT2D eigenvalue weighted by Crippen LogP contribution is 2.28. The van der Waals surface area contributed by atoms with Crippen molar-refractivity contribution in [3.63, 3.8) is 0 Å². The molecule has 0 saturated carbocycles. The number of ether oxygens (including phenoxy) is 1. The maximum atomic E-state index is 12.8. The van der Waals surface area contributed by atoms with Gasteiger partial charge in [0, 0.05) is 11.3 Å². The number of anilines is 2. The number of hydrogen-bond donors (Lipinski definition) is 3. The van der Waals surface area contributed by atoms with E-state index in [0.29, 0.717) is 22.7 Å². The van der Waals surface area contributed by atoms with E-state index in [9.17, 15) is 9.59 Å². The molecule has 1 heterocycles. The van der Waals surface area contributed by atoms with Crippen LogP contribution in [-0.2, 0) is 0 Å². The number of benzene rings is 3. The lowest BCUT2D eigenvalue weighted by Crippen LogP contribution is -2.34. The number of carbonyl (C=O) groups is 2. The molecule has 0 unspecified atom stereocenters. The Kier molecular flexibility index (Phi) is 6.14. The van der Waals surface area contributed by atoms with E-state index >= 15 is 0 Å². The molecular formula is C24H19N3O4S. The summed E-state index contributed by atoms with van der Waals surface area (Å²) in [4.78, 5) is 25.1. The van der Waals surface area contributed by atoms with E-state index < -0.39 is 5.91 Å². The molecule has 0 spiro atoms. The molecule has 160 valence electrons. The summed E-state index contributed by atoms with van der Waals surface area (Å²) in [5.74, 6) is -0.0468. The summed E-state index contributed by atoms with van der Waals surface area (Å²) >= 11 is 5.34. The van der Waals surface area contributed by atoms with Crippen LogP contribution in [0.25, 0.3) is 10.8 Å². The van der Waals surface area contributed by atoms with Gasteiger partial charge in [-0.15, -0.1) is 0 Å². The number of hydrogen-bond acceptors (Lipinski definition) is 5. The minimum atomic E-state index is -0.391. The first-order valence-electron chi connectivity index (χ1n) is 9.68. The molecule has 32 heavy (non-hydrogen) atoms. The molecule has 1 aromatic heterocycles. The number of thiocarbonyl (C=S) groups is 1. The summed E-state index contributed by atoms with van der Waals surface area (Å²) in [6.45, 7) is 0. The van der Waals surface area contributed by atoms with Crippen LogP contribution in [-0.4, -0.2) is 24.0 Å². The van der Waals surface area contributed by atoms with Crippen LogP contribution < -0.4 is 20.7 Å². The summed E-state index contributed by atoms with van der Waals surface area (Å²) in [6.07, 6.45) is 1.42. The Labute approximate surface area is 189 Å². The zero-order valence-corrected chi connectivity index (χ0v) is 17.9. The molecule has 3 N–H and O–H groups in total. The van der Waals surface area contributed by atoms with E-state index in [2.05, 4.69) is 16.0 Å². The summed E-state index contributed by atoms with van der Waals surface area (Å²) in [5, 5.41) is 10.3. The topological polar surface area (TPSA) is 92.6 Å². The van der Waals surface area contributed by atoms with Gasteiger partial charge in [-0.1, -0.05) is 36.4 Å². The molecule has 0 atom stereocenters. The molecular weight excluding hydrogens is 426 g/mol. The second kappa shape index (κ2) is 9.32. The summed E-state index contributed by atoms with van der Waals surface area (Å²) in [7, 11) is 1.51. The fourth-order valence-corrected chi connectivity index (χ4v) is 3.43. The Hall–Kier alpha value is -4.17. The van der Waals surface area contributed by atoms with Crippen LogP contribution >= 0.6 is 12.2 Å². The van der Waals surface area contributed by atoms with Crippen LogP contribution in [0.2, 0.25) is 0 Å². The minimum Gasteiger partial charge on any atom is -0.495 e. The number of fused-ring (bicyclic) bond motifs is 1. The van der Waals surface area contributed by atoms with Gasteiger partial charge in [-0.3, -0.25) is 14.9 Å². The van der Waals surface area contributed by atoms with Gasteiger partial charge in [0.1, 0.15) is 5.75 Å². The highest BCUT2D eigenvalue weighted by molar-refractivity contribution is 7.80. The van der Waals surface area contributed by atoms with Gasteiger partial charge in [-0.2, -0.15) is 0 Å². The highest BCUT2D eigenvalue weighted by atomic mass is 32.1. The number of methoxy groups -OCH3 is 1. The fraction of sp³-hybridized carbons (Fsp3) is 0.0417. The predicted octanol–water partition coefficient (Wildman–Crippen LogP) is 4.82. The maximum absolute atomic E-state index is 12.8. The average molecular weight is 446 g/mol. The van der Waals surface area contributed by atoms with E-state index in [1.165, 1.54) is 13.4 Å². The van der Waals surface area contributed by atoms with Crippen molar-refractivity contribution >= 4 is 51.3 Å². The average Bonchev–Trinajstić information content (AvgIpc) is 3.34. The van der Waals surface area contributed by atoms with Crippen LogP contribution in [0.15, 0.2) is 83.5 Å². The van der Waals surface area contributed by atoms with Crippen molar-refractivity contribution < 1.29 is 18.7 Å². The lowest BCUT2D eigenvalue weighted by Gasteiger charge is -2.15. The van der Waals surface area contributed by atoms with Crippen LogP contribution in [0.4, 0.5) is 11.4 Å². The van der Waals surface area contributed by atoms with Crippen molar-refractivity contribution in [3.05, 3.63) is 90.4 Å². The van der Waals surface area contributed by atoms with Crippen LogP contribution in [0.3, 0.4) is 0 Å². The first-order valence-corrected chi connectivity index (χ1v) is 10.1. The molecule has 0 saturated heterocycles. The normalized spacial score (nSPS) is 10.4. The van der Waals surface area contributed by atoms with Crippen molar-refractivity contribution in [1.82, 2.24) is 5.32 Å². The highest BCUT2D eigenvalue weighted by Gasteiger charge is 2.14. The number of carbonyl (C=O) groups excluding carboxylic acids is 2. The quantitative estimate of drug-likeness (QED) is 0.382. The lowest BCUT2D eigenvalue weighted by molar-refractivity contribution is 0.0976. The molecule has 7 nitrogen and oxygen atoms in total. The number of nitrogens with one attached hydrogen (secondary N) is 3. The van der Waals surface area contributed by atoms with Gasteiger partial charge in [0.2, 0.25) is 0 Å². The number of rotatable bonds is 5. The first kappa shape index (κ1) is 21.1. The second-order valence-corrected chi connectivity index (χ2v) is 7.19. The van der Waals surface area contributed by atoms with E-state index in [1.54, 1.807) is 36.4 Å². The fourth-order valence-electron chi connectivity index (χ4n) is 3.23. The molecule has 0 fully saturated rings. The summed E-state index contributed by atoms with van der Waals surface area (Å²) < 4.78 is 10.5. The van der Waals surface area contributed by atoms with Crippen molar-refractivity contribution in [1.29, 1.82) is 0 Å². The molecule has 2 amide bonds. The van der Waals surface area contributed by atoms with E-state index in [4.69, 9.17) is 21.4 Å². The SMILES string of the molecule is COc1ccc(NC(=O)c2ccco2)cc1NC(=S)NC(=O)c1cccc2ccccc12. The first-order chi connectivity index (χ1) is 15.5. The van der Waals surface area contributed by atoms with Gasteiger partial charge in [0.25, 0.3) is 11.8 Å². The molecule has 0 aliphatic heterocycles. The van der Waals surface area contributed by atoms with E-state index in [0.717, 1.165) is 10.8 Å². The third-order valence-corrected chi connectivity index (χ3v) is 4.92. The smallest absolute Gasteiger partial charge is 0.291 e. The predicted molar refractivity (Wildman–Crippen MR) is 127 cm³/mol. The minimum absolute atomic E-state index is 0.0933. The zero-order valence-electron chi connectivity index (χ0n) is 17.0. The zero-order chi connectivity index (χ0) is 22.5. The monoisotopic (exact) mass is 445 g/mol. The molecule has 0 radical (unpaired) electrons. The van der Waals surface area contributed by atoms with Crippen LogP contribution in [0.1, 0.15) is 20.9 Å². The number of amides is 2. The lowest BCUT2D eigenvalue weighted by atomic mass is 10.0. The van der Waals surface area contributed by atoms with Gasteiger partial charge < -0.3 is 19.8 Å². The molecule has 0 aliphatic carbocycles. The van der Waals surface area contributed by atoms with Gasteiger partial charge in [-0.25, -0.2) is 0 Å². The van der Waals surface area contributed by atoms with E-state index in [-0.39, 0.29) is 16.8 Å². The van der Waals surface area contributed by atoms with E-state index in [1.807, 2.05) is 36.4 Å². The summed E-state index contributed by atoms with van der Waals surface area (Å²) in [6, 6.07) is 21.3. The van der Waals surface area contributed by atoms with Gasteiger partial charge in [0.15, 0.2) is 10.9 Å². The summed E-state index contributed by atoms with van der Waals surface area (Å²) in [5.41, 5.74) is 1.49. The van der Waals surface area contributed by atoms with Gasteiger partial charge in [-0.05, 0) is 59.4 Å². The Morgan fingerprint density at radius 3 is 2.50 bits per heavy atom. The maximum Gasteiger partial charge on any atom is 0.291 e. The standard InChI is InChI=1S/C24H19N3O4S/c1-30-20-12-11-16(25-23(29)21-10-5-13-31-21)14-19(20)26-24(32)27-22(28)18-9-4-7-15-6-2-3-8-17(15)18/h2-14H,1H3,(H,25,29)(H2,26,27,28,32). The third-order valence-electron chi connectivity index (χ3n) is 4.71. The van der Waals surface area contributed by atoms with Gasteiger partial charge in [0.05, 0.1) is 19.1 Å². The second-order valence-electron chi connectivity index (χ2n) is 6.78. The Morgan fingerprint density at radius 2 is 1.72 bits per heavy atom. The molecule has 4 rings (SSSR count). The van der Waals surface area contributed by atoms with Crippen molar-refractivity contribution in [2.75, 3.05) is 17.7 Å². The van der Waals surface area contributed by atoms with Crippen LogP contribution in [0, 0.1) is 0 Å². The van der Waals surface area contributed by atoms with Crippen molar-refractivity contribution in [2.45, 2.75) is 0 Å². The molecule has 4 aromatic rings. The van der Waals surface area contributed by atoms with Crippen molar-refractivity contribution in [2.24, 2.45) is 0 Å². The Morgan fingerprint density at radius 1 is 0.906 bits per heavy atom. The van der Waals surface area contributed by atoms with Gasteiger partial charge >= 0.3 is 0 Å². The molecule has 3 aromatic carbocycles. The third kappa shape index (κ3) is 4.60. The van der Waals surface area contributed by atoms with Crippen molar-refractivity contribution in [3.8, 4) is 5.75 Å². The molecule has 8 heteroatoms. The number of furan rings is 1.